The molecular formula is C13H13ClO4. The highest BCUT2D eigenvalue weighted by Gasteiger charge is 2.04. The largest absolute Gasteiger partial charge is 0.463 e. The van der Waals surface area contributed by atoms with E-state index < -0.39 is 11.9 Å². The van der Waals surface area contributed by atoms with Crippen LogP contribution in [-0.4, -0.2) is 18.5 Å². The van der Waals surface area contributed by atoms with Gasteiger partial charge in [0.1, 0.15) is 5.75 Å². The van der Waals surface area contributed by atoms with E-state index in [1.165, 1.54) is 13.0 Å². The van der Waals surface area contributed by atoms with Gasteiger partial charge < -0.3 is 9.47 Å². The zero-order valence-corrected chi connectivity index (χ0v) is 10.9. The topological polar surface area (TPSA) is 52.6 Å². The molecule has 0 unspecified atom stereocenters. The van der Waals surface area contributed by atoms with Crippen LogP contribution in [-0.2, 0) is 14.3 Å². The second-order valence-corrected chi connectivity index (χ2v) is 3.78. The van der Waals surface area contributed by atoms with Crippen LogP contribution in [0.4, 0.5) is 0 Å². The molecule has 18 heavy (non-hydrogen) atoms. The molecule has 0 aliphatic rings. The predicted octanol–water partition coefficient (Wildman–Crippen LogP) is 2.84. The van der Waals surface area contributed by atoms with Crippen LogP contribution in [0.1, 0.15) is 19.4 Å². The molecule has 0 aromatic heterocycles. The molecule has 0 spiro atoms. The number of benzene rings is 1. The van der Waals surface area contributed by atoms with Crippen LogP contribution >= 0.6 is 11.6 Å². The van der Waals surface area contributed by atoms with Crippen molar-refractivity contribution in [3.63, 3.8) is 0 Å². The van der Waals surface area contributed by atoms with Crippen LogP contribution in [0.3, 0.4) is 0 Å². The molecule has 0 saturated carbocycles. The van der Waals surface area contributed by atoms with Gasteiger partial charge in [-0.15, -0.1) is 0 Å². The molecule has 1 aromatic rings. The van der Waals surface area contributed by atoms with Gasteiger partial charge in [-0.3, -0.25) is 4.79 Å². The number of hydrogen-bond acceptors (Lipinski definition) is 4. The molecule has 0 aliphatic heterocycles. The van der Waals surface area contributed by atoms with Crippen molar-refractivity contribution in [2.45, 2.75) is 13.8 Å². The Morgan fingerprint density at radius 3 is 2.67 bits per heavy atom. The smallest absolute Gasteiger partial charge is 0.330 e. The predicted molar refractivity (Wildman–Crippen MR) is 68.4 cm³/mol. The molecule has 1 aromatic carbocycles. The number of hydrogen-bond donors (Lipinski definition) is 0. The van der Waals surface area contributed by atoms with Gasteiger partial charge in [-0.1, -0.05) is 17.7 Å². The maximum atomic E-state index is 11.1. The Hall–Kier alpha value is -1.81. The van der Waals surface area contributed by atoms with E-state index in [9.17, 15) is 9.59 Å². The normalized spacial score (nSPS) is 10.4. The monoisotopic (exact) mass is 268 g/mol. The molecule has 96 valence electrons. The lowest BCUT2D eigenvalue weighted by Gasteiger charge is -2.04. The summed E-state index contributed by atoms with van der Waals surface area (Å²) in [5, 5.41) is 0.302. The Bertz CT molecular complexity index is 480. The third-order valence-corrected chi connectivity index (χ3v) is 2.20. The zero-order valence-electron chi connectivity index (χ0n) is 10.1. The van der Waals surface area contributed by atoms with Gasteiger partial charge in [0, 0.05) is 13.0 Å². The molecule has 0 saturated heterocycles. The van der Waals surface area contributed by atoms with Crippen molar-refractivity contribution < 1.29 is 19.1 Å². The summed E-state index contributed by atoms with van der Waals surface area (Å²) in [5.74, 6) is -0.568. The van der Waals surface area contributed by atoms with Crippen LogP contribution in [0.15, 0.2) is 24.3 Å². The van der Waals surface area contributed by atoms with Crippen molar-refractivity contribution in [2.75, 3.05) is 6.61 Å². The molecule has 4 nitrogen and oxygen atoms in total. The van der Waals surface area contributed by atoms with E-state index in [1.807, 2.05) is 0 Å². The summed E-state index contributed by atoms with van der Waals surface area (Å²) >= 11 is 5.92. The first-order valence-electron chi connectivity index (χ1n) is 5.35. The fourth-order valence-electron chi connectivity index (χ4n) is 1.21. The number of ether oxygens (including phenoxy) is 2. The minimum absolute atomic E-state index is 0.289. The number of esters is 2. The summed E-state index contributed by atoms with van der Waals surface area (Å²) in [6.07, 6.45) is 2.88. The lowest BCUT2D eigenvalue weighted by Crippen LogP contribution is -2.01. The Morgan fingerprint density at radius 2 is 2.11 bits per heavy atom. The van der Waals surface area contributed by atoms with Crippen LogP contribution in [0.25, 0.3) is 6.08 Å². The number of carbonyl (C=O) groups is 2. The Labute approximate surface area is 110 Å². The fourth-order valence-corrected chi connectivity index (χ4v) is 1.44. The quantitative estimate of drug-likeness (QED) is 0.479. The highest BCUT2D eigenvalue weighted by atomic mass is 35.5. The molecular weight excluding hydrogens is 256 g/mol. The van der Waals surface area contributed by atoms with E-state index in [2.05, 4.69) is 0 Å². The molecule has 0 amide bonds. The first-order chi connectivity index (χ1) is 8.52. The van der Waals surface area contributed by atoms with Crippen molar-refractivity contribution in [1.82, 2.24) is 0 Å². The summed E-state index contributed by atoms with van der Waals surface area (Å²) in [6.45, 7) is 3.36. The highest BCUT2D eigenvalue weighted by molar-refractivity contribution is 6.32. The van der Waals surface area contributed by atoms with Gasteiger partial charge in [-0.2, -0.15) is 0 Å². The van der Waals surface area contributed by atoms with Gasteiger partial charge >= 0.3 is 11.9 Å². The maximum absolute atomic E-state index is 11.1. The zero-order chi connectivity index (χ0) is 13.5. The Balaban J connectivity index is 2.78. The third kappa shape index (κ3) is 4.59. The first-order valence-corrected chi connectivity index (χ1v) is 5.73. The van der Waals surface area contributed by atoms with Gasteiger partial charge in [0.2, 0.25) is 0 Å². The minimum Gasteiger partial charge on any atom is -0.463 e. The van der Waals surface area contributed by atoms with Crippen LogP contribution < -0.4 is 4.74 Å². The highest BCUT2D eigenvalue weighted by Crippen LogP contribution is 2.26. The van der Waals surface area contributed by atoms with E-state index in [-0.39, 0.29) is 5.75 Å². The first kappa shape index (κ1) is 14.3. The van der Waals surface area contributed by atoms with Gasteiger partial charge in [0.25, 0.3) is 0 Å². The van der Waals surface area contributed by atoms with E-state index in [4.69, 9.17) is 21.1 Å². The number of carbonyl (C=O) groups excluding carboxylic acids is 2. The molecule has 0 aliphatic carbocycles. The SMILES string of the molecule is CCOC(=O)/C=C/c1ccc(OC(C)=O)c(Cl)c1. The fraction of sp³-hybridized carbons (Fsp3) is 0.231. The van der Waals surface area contributed by atoms with Crippen molar-refractivity contribution in [1.29, 1.82) is 0 Å². The molecule has 0 radical (unpaired) electrons. The summed E-state index contributed by atoms with van der Waals surface area (Å²) < 4.78 is 9.62. The lowest BCUT2D eigenvalue weighted by molar-refractivity contribution is -0.137. The van der Waals surface area contributed by atoms with Crippen LogP contribution in [0.5, 0.6) is 5.75 Å². The van der Waals surface area contributed by atoms with Gasteiger partial charge in [-0.25, -0.2) is 4.79 Å². The second kappa shape index (κ2) is 6.81. The Kier molecular flexibility index (Phi) is 5.39. The Morgan fingerprint density at radius 1 is 1.39 bits per heavy atom. The van der Waals surface area contributed by atoms with Gasteiger partial charge in [-0.05, 0) is 30.7 Å². The van der Waals surface area contributed by atoms with E-state index >= 15 is 0 Å². The number of rotatable bonds is 4. The molecule has 0 N–H and O–H groups in total. The van der Waals surface area contributed by atoms with Crippen molar-refractivity contribution in [3.8, 4) is 5.75 Å². The summed E-state index contributed by atoms with van der Waals surface area (Å²) in [6, 6.07) is 4.84. The van der Waals surface area contributed by atoms with Crippen LogP contribution in [0, 0.1) is 0 Å². The maximum Gasteiger partial charge on any atom is 0.330 e. The van der Waals surface area contributed by atoms with Crippen molar-refractivity contribution in [3.05, 3.63) is 34.9 Å². The van der Waals surface area contributed by atoms with Crippen molar-refractivity contribution >= 4 is 29.6 Å². The molecule has 0 heterocycles. The summed E-state index contributed by atoms with van der Waals surface area (Å²) in [4.78, 5) is 21.9. The molecule has 0 bridgehead atoms. The average Bonchev–Trinajstić information content (AvgIpc) is 2.29. The molecule has 0 atom stereocenters. The van der Waals surface area contributed by atoms with E-state index in [1.54, 1.807) is 31.2 Å². The van der Waals surface area contributed by atoms with Gasteiger partial charge in [0.15, 0.2) is 0 Å². The lowest BCUT2D eigenvalue weighted by atomic mass is 10.2. The van der Waals surface area contributed by atoms with Crippen molar-refractivity contribution in [2.24, 2.45) is 0 Å². The van der Waals surface area contributed by atoms with E-state index in [0.29, 0.717) is 17.2 Å². The van der Waals surface area contributed by atoms with E-state index in [0.717, 1.165) is 0 Å². The van der Waals surface area contributed by atoms with Crippen LogP contribution in [0.2, 0.25) is 5.02 Å². The summed E-state index contributed by atoms with van der Waals surface area (Å²) in [5.41, 5.74) is 0.712. The van der Waals surface area contributed by atoms with Gasteiger partial charge in [0.05, 0.1) is 11.6 Å². The average molecular weight is 269 g/mol. The third-order valence-electron chi connectivity index (χ3n) is 1.91. The summed E-state index contributed by atoms with van der Waals surface area (Å²) in [7, 11) is 0. The minimum atomic E-state index is -0.438. The molecule has 0 fully saturated rings. The molecule has 1 rings (SSSR count). The standard InChI is InChI=1S/C13H13ClO4/c1-3-17-13(16)7-5-10-4-6-12(11(14)8-10)18-9(2)15/h4-8H,3H2,1-2H3/b7-5+. The number of halogens is 1. The second-order valence-electron chi connectivity index (χ2n) is 3.37. The molecule has 5 heteroatoms.